The Kier molecular flexibility index (Phi) is 6.88. The number of aromatic nitrogens is 2. The molecule has 1 saturated heterocycles. The Morgan fingerprint density at radius 2 is 2.00 bits per heavy atom. The third kappa shape index (κ3) is 5.09. The van der Waals surface area contributed by atoms with Gasteiger partial charge in [-0.1, -0.05) is 18.2 Å². The minimum absolute atomic E-state index is 0.216. The van der Waals surface area contributed by atoms with Gasteiger partial charge in [0.1, 0.15) is 5.75 Å². The summed E-state index contributed by atoms with van der Waals surface area (Å²) in [5.74, 6) is 0.969. The number of benzene rings is 1. The number of hydrogen-bond acceptors (Lipinski definition) is 5. The van der Waals surface area contributed by atoms with Crippen molar-refractivity contribution in [1.29, 1.82) is 0 Å². The quantitative estimate of drug-likeness (QED) is 0.770. The van der Waals surface area contributed by atoms with Crippen LogP contribution < -0.4 is 4.74 Å². The molecule has 1 aliphatic heterocycles. The van der Waals surface area contributed by atoms with Crippen LogP contribution in [0.2, 0.25) is 0 Å². The minimum Gasteiger partial charge on any atom is -0.494 e. The van der Waals surface area contributed by atoms with Crippen LogP contribution in [0.3, 0.4) is 0 Å². The monoisotopic (exact) mass is 372 g/mol. The van der Waals surface area contributed by atoms with Crippen LogP contribution in [0, 0.1) is 6.92 Å². The van der Waals surface area contributed by atoms with E-state index in [1.54, 1.807) is 0 Å². The van der Waals surface area contributed by atoms with Gasteiger partial charge in [0.05, 0.1) is 12.3 Å². The lowest BCUT2D eigenvalue weighted by molar-refractivity contribution is 0.0493. The first-order chi connectivity index (χ1) is 13.1. The van der Waals surface area contributed by atoms with Gasteiger partial charge in [-0.3, -0.25) is 14.5 Å². The topological polar surface area (TPSA) is 53.8 Å². The Labute approximate surface area is 162 Å². The lowest BCUT2D eigenvalue weighted by Crippen LogP contribution is -2.52. The third-order valence-electron chi connectivity index (χ3n) is 5.31. The van der Waals surface area contributed by atoms with E-state index in [4.69, 9.17) is 4.74 Å². The number of aliphatic hydroxyl groups is 1. The molecule has 0 spiro atoms. The van der Waals surface area contributed by atoms with Gasteiger partial charge >= 0.3 is 0 Å². The molecule has 0 radical (unpaired) electrons. The molecule has 1 fully saturated rings. The molecule has 6 nitrogen and oxygen atoms in total. The SMILES string of the molecule is CCOc1ccccc1CN1CCN(Cc2cn(C)nc2C)C[C@H]1CCO. The zero-order valence-electron chi connectivity index (χ0n) is 16.8. The number of piperazine rings is 1. The summed E-state index contributed by atoms with van der Waals surface area (Å²) in [6.07, 6.45) is 2.90. The highest BCUT2D eigenvalue weighted by molar-refractivity contribution is 5.33. The van der Waals surface area contributed by atoms with Gasteiger partial charge in [-0.2, -0.15) is 5.10 Å². The molecule has 0 unspecified atom stereocenters. The van der Waals surface area contributed by atoms with Crippen LogP contribution in [0.5, 0.6) is 5.75 Å². The molecule has 1 aromatic carbocycles. The van der Waals surface area contributed by atoms with Gasteiger partial charge in [0, 0.05) is 69.7 Å². The Hall–Kier alpha value is -1.89. The standard InChI is InChI=1S/C21H32N4O2/c1-4-27-21-8-6-5-7-18(21)15-25-11-10-24(16-20(25)9-12-26)14-19-13-23(3)22-17(19)2/h5-8,13,20,26H,4,9-12,14-16H2,1-3H3/t20-/m1/s1. The summed E-state index contributed by atoms with van der Waals surface area (Å²) < 4.78 is 7.68. The fraction of sp³-hybridized carbons (Fsp3) is 0.571. The number of hydrogen-bond donors (Lipinski definition) is 1. The fourth-order valence-electron chi connectivity index (χ4n) is 3.93. The third-order valence-corrected chi connectivity index (χ3v) is 5.31. The van der Waals surface area contributed by atoms with Gasteiger partial charge < -0.3 is 9.84 Å². The van der Waals surface area contributed by atoms with Crippen molar-refractivity contribution in [3.63, 3.8) is 0 Å². The first kappa shape index (κ1) is 19.9. The minimum atomic E-state index is 0.216. The molecular weight excluding hydrogens is 340 g/mol. The molecule has 1 aromatic heterocycles. The van der Waals surface area contributed by atoms with Crippen molar-refractivity contribution in [2.45, 2.75) is 39.4 Å². The second kappa shape index (κ2) is 9.35. The highest BCUT2D eigenvalue weighted by Crippen LogP contribution is 2.24. The summed E-state index contributed by atoms with van der Waals surface area (Å²) in [4.78, 5) is 4.97. The molecular formula is C21H32N4O2. The summed E-state index contributed by atoms with van der Waals surface area (Å²) in [6.45, 7) is 9.74. The molecule has 2 aromatic rings. The maximum atomic E-state index is 9.58. The molecule has 6 heteroatoms. The fourth-order valence-corrected chi connectivity index (χ4v) is 3.93. The van der Waals surface area contributed by atoms with E-state index in [0.29, 0.717) is 12.6 Å². The average Bonchev–Trinajstić information content (AvgIpc) is 2.96. The summed E-state index contributed by atoms with van der Waals surface area (Å²) in [7, 11) is 1.97. The molecule has 3 rings (SSSR count). The van der Waals surface area contributed by atoms with Gasteiger partial charge in [0.2, 0.25) is 0 Å². The van der Waals surface area contributed by atoms with Crippen LogP contribution >= 0.6 is 0 Å². The number of rotatable bonds is 8. The lowest BCUT2D eigenvalue weighted by atomic mass is 10.1. The second-order valence-electron chi connectivity index (χ2n) is 7.33. The van der Waals surface area contributed by atoms with Gasteiger partial charge in [-0.15, -0.1) is 0 Å². The maximum absolute atomic E-state index is 9.58. The van der Waals surface area contributed by atoms with E-state index in [1.807, 2.05) is 30.8 Å². The Morgan fingerprint density at radius 3 is 2.70 bits per heavy atom. The summed E-state index contributed by atoms with van der Waals surface area (Å²) in [5, 5.41) is 14.0. The van der Waals surface area contributed by atoms with Crippen molar-refractivity contribution in [2.24, 2.45) is 7.05 Å². The van der Waals surface area contributed by atoms with Gasteiger partial charge in [0.15, 0.2) is 0 Å². The first-order valence-corrected chi connectivity index (χ1v) is 9.87. The molecule has 1 atom stereocenters. The number of para-hydroxylation sites is 1. The highest BCUT2D eigenvalue weighted by atomic mass is 16.5. The van der Waals surface area contributed by atoms with E-state index in [-0.39, 0.29) is 6.61 Å². The van der Waals surface area contributed by atoms with Crippen LogP contribution in [-0.4, -0.2) is 63.6 Å². The van der Waals surface area contributed by atoms with Gasteiger partial charge in [0.25, 0.3) is 0 Å². The Balaban J connectivity index is 1.66. The van der Waals surface area contributed by atoms with E-state index in [2.05, 4.69) is 40.2 Å². The summed E-state index contributed by atoms with van der Waals surface area (Å²) >= 11 is 0. The molecule has 148 valence electrons. The van der Waals surface area contributed by atoms with Gasteiger partial charge in [-0.25, -0.2) is 0 Å². The van der Waals surface area contributed by atoms with E-state index < -0.39 is 0 Å². The number of ether oxygens (including phenoxy) is 1. The number of nitrogens with zero attached hydrogens (tertiary/aromatic N) is 4. The molecule has 0 aliphatic carbocycles. The van der Waals surface area contributed by atoms with Crippen molar-refractivity contribution >= 4 is 0 Å². The van der Waals surface area contributed by atoms with E-state index in [0.717, 1.165) is 50.6 Å². The molecule has 27 heavy (non-hydrogen) atoms. The largest absolute Gasteiger partial charge is 0.494 e. The first-order valence-electron chi connectivity index (χ1n) is 9.87. The maximum Gasteiger partial charge on any atom is 0.123 e. The second-order valence-corrected chi connectivity index (χ2v) is 7.33. The summed E-state index contributed by atoms with van der Waals surface area (Å²) in [5.41, 5.74) is 3.61. The molecule has 0 saturated carbocycles. The van der Waals surface area contributed by atoms with Crippen LogP contribution in [0.25, 0.3) is 0 Å². The van der Waals surface area contributed by atoms with Gasteiger partial charge in [-0.05, 0) is 26.3 Å². The molecule has 2 heterocycles. The van der Waals surface area contributed by atoms with E-state index >= 15 is 0 Å². The molecule has 0 bridgehead atoms. The predicted octanol–water partition coefficient (Wildman–Crippen LogP) is 2.20. The number of aliphatic hydroxyl groups excluding tert-OH is 1. The van der Waals surface area contributed by atoms with Crippen molar-refractivity contribution in [3.05, 3.63) is 47.3 Å². The molecule has 1 N–H and O–H groups in total. The van der Waals surface area contributed by atoms with Crippen LogP contribution in [0.4, 0.5) is 0 Å². The summed E-state index contributed by atoms with van der Waals surface area (Å²) in [6, 6.07) is 8.62. The van der Waals surface area contributed by atoms with E-state index in [9.17, 15) is 5.11 Å². The van der Waals surface area contributed by atoms with Crippen LogP contribution in [-0.2, 0) is 20.1 Å². The molecule has 1 aliphatic rings. The Morgan fingerprint density at radius 1 is 1.19 bits per heavy atom. The van der Waals surface area contributed by atoms with Crippen LogP contribution in [0.15, 0.2) is 30.5 Å². The average molecular weight is 373 g/mol. The van der Waals surface area contributed by atoms with Crippen LogP contribution in [0.1, 0.15) is 30.2 Å². The Bertz CT molecular complexity index is 731. The van der Waals surface area contributed by atoms with Crippen molar-refractivity contribution in [2.75, 3.05) is 32.8 Å². The van der Waals surface area contributed by atoms with Crippen molar-refractivity contribution < 1.29 is 9.84 Å². The smallest absolute Gasteiger partial charge is 0.123 e. The lowest BCUT2D eigenvalue weighted by Gasteiger charge is -2.41. The number of aryl methyl sites for hydroxylation is 2. The highest BCUT2D eigenvalue weighted by Gasteiger charge is 2.27. The molecule has 0 amide bonds. The normalized spacial score (nSPS) is 18.7. The van der Waals surface area contributed by atoms with Crippen molar-refractivity contribution in [3.8, 4) is 5.75 Å². The zero-order chi connectivity index (χ0) is 19.2. The predicted molar refractivity (Wildman–Crippen MR) is 107 cm³/mol. The van der Waals surface area contributed by atoms with E-state index in [1.165, 1.54) is 11.1 Å². The van der Waals surface area contributed by atoms with Crippen molar-refractivity contribution in [1.82, 2.24) is 19.6 Å². The zero-order valence-corrected chi connectivity index (χ0v) is 16.8.